The molecule has 0 saturated heterocycles. The molecule has 5 nitrogen and oxygen atoms in total. The van der Waals surface area contributed by atoms with Gasteiger partial charge < -0.3 is 14.5 Å². The quantitative estimate of drug-likeness (QED) is 0.757. The Hall–Kier alpha value is -1.72. The van der Waals surface area contributed by atoms with Crippen molar-refractivity contribution in [3.8, 4) is 0 Å². The second kappa shape index (κ2) is 7.90. The van der Waals surface area contributed by atoms with E-state index in [1.165, 1.54) is 0 Å². The molecule has 0 amide bonds. The summed E-state index contributed by atoms with van der Waals surface area (Å²) in [5.74, 6) is 1.17. The molecule has 0 aliphatic rings. The molecule has 0 bridgehead atoms. The molecule has 0 aliphatic heterocycles. The van der Waals surface area contributed by atoms with Gasteiger partial charge in [0, 0.05) is 19.6 Å². The minimum atomic E-state index is -0.304. The van der Waals surface area contributed by atoms with E-state index in [0.717, 1.165) is 24.9 Å². The summed E-state index contributed by atoms with van der Waals surface area (Å²) in [7, 11) is 1.65. The highest BCUT2D eigenvalue weighted by Crippen LogP contribution is 2.24. The van der Waals surface area contributed by atoms with Crippen LogP contribution in [0.2, 0.25) is 0 Å². The molecule has 21 heavy (non-hydrogen) atoms. The fourth-order valence-electron chi connectivity index (χ4n) is 2.11. The standard InChI is InChI=1S/C16H23N3O2/c1-12(2)17-11-7-10-14-18-19-16(21-14)15(20-3)13-8-5-4-6-9-13/h4-6,8-9,12,15,17H,7,10-11H2,1-3H3. The van der Waals surface area contributed by atoms with E-state index in [-0.39, 0.29) is 6.10 Å². The third kappa shape index (κ3) is 4.65. The highest BCUT2D eigenvalue weighted by molar-refractivity contribution is 5.21. The summed E-state index contributed by atoms with van der Waals surface area (Å²) in [5, 5.41) is 11.6. The maximum Gasteiger partial charge on any atom is 0.249 e. The molecule has 1 heterocycles. The number of nitrogens with zero attached hydrogens (tertiary/aromatic N) is 2. The van der Waals surface area contributed by atoms with Crippen molar-refractivity contribution in [3.05, 3.63) is 47.7 Å². The third-order valence-electron chi connectivity index (χ3n) is 3.16. The fourth-order valence-corrected chi connectivity index (χ4v) is 2.11. The number of nitrogens with one attached hydrogen (secondary N) is 1. The predicted octanol–water partition coefficient (Wildman–Crippen LogP) is 2.74. The SMILES string of the molecule is COC(c1ccccc1)c1nnc(CCCNC(C)C)o1. The first-order valence-corrected chi connectivity index (χ1v) is 7.34. The molecule has 5 heteroatoms. The van der Waals surface area contributed by atoms with E-state index in [1.54, 1.807) is 7.11 Å². The number of benzene rings is 1. The minimum Gasteiger partial charge on any atom is -0.422 e. The second-order valence-electron chi connectivity index (χ2n) is 5.27. The van der Waals surface area contributed by atoms with Gasteiger partial charge in [-0.2, -0.15) is 0 Å². The van der Waals surface area contributed by atoms with Crippen molar-refractivity contribution in [2.24, 2.45) is 0 Å². The molecule has 1 atom stereocenters. The Labute approximate surface area is 125 Å². The van der Waals surface area contributed by atoms with Crippen LogP contribution in [0.15, 0.2) is 34.7 Å². The van der Waals surface area contributed by atoms with Gasteiger partial charge in [-0.3, -0.25) is 0 Å². The fraction of sp³-hybridized carbons (Fsp3) is 0.500. The Morgan fingerprint density at radius 3 is 2.62 bits per heavy atom. The van der Waals surface area contributed by atoms with Crippen LogP contribution in [-0.2, 0) is 11.2 Å². The molecule has 114 valence electrons. The summed E-state index contributed by atoms with van der Waals surface area (Å²) in [6.45, 7) is 5.21. The predicted molar refractivity (Wildman–Crippen MR) is 81.1 cm³/mol. The van der Waals surface area contributed by atoms with Gasteiger partial charge in [-0.1, -0.05) is 44.2 Å². The Balaban J connectivity index is 1.95. The van der Waals surface area contributed by atoms with Gasteiger partial charge in [0.15, 0.2) is 6.10 Å². The molecule has 1 aromatic carbocycles. The van der Waals surface area contributed by atoms with Crippen LogP contribution in [0.4, 0.5) is 0 Å². The van der Waals surface area contributed by atoms with E-state index in [4.69, 9.17) is 9.15 Å². The van der Waals surface area contributed by atoms with Crippen LogP contribution in [-0.4, -0.2) is 29.9 Å². The van der Waals surface area contributed by atoms with Crippen molar-refractivity contribution >= 4 is 0 Å². The van der Waals surface area contributed by atoms with Crippen molar-refractivity contribution in [1.82, 2.24) is 15.5 Å². The normalized spacial score (nSPS) is 12.8. The number of methoxy groups -OCH3 is 1. The van der Waals surface area contributed by atoms with Gasteiger partial charge in [-0.05, 0) is 18.5 Å². The van der Waals surface area contributed by atoms with Gasteiger partial charge in [-0.25, -0.2) is 0 Å². The zero-order chi connectivity index (χ0) is 15.1. The molecule has 0 saturated carbocycles. The van der Waals surface area contributed by atoms with Crippen LogP contribution in [0.1, 0.15) is 43.7 Å². The first-order chi connectivity index (χ1) is 10.2. The maximum atomic E-state index is 5.72. The summed E-state index contributed by atoms with van der Waals surface area (Å²) in [4.78, 5) is 0. The second-order valence-corrected chi connectivity index (χ2v) is 5.27. The number of hydrogen-bond acceptors (Lipinski definition) is 5. The van der Waals surface area contributed by atoms with E-state index in [1.807, 2.05) is 30.3 Å². The van der Waals surface area contributed by atoms with Gasteiger partial charge in [0.2, 0.25) is 11.8 Å². The highest BCUT2D eigenvalue weighted by Gasteiger charge is 2.19. The monoisotopic (exact) mass is 289 g/mol. The van der Waals surface area contributed by atoms with Crippen molar-refractivity contribution in [3.63, 3.8) is 0 Å². The average Bonchev–Trinajstić information content (AvgIpc) is 2.94. The maximum absolute atomic E-state index is 5.72. The zero-order valence-corrected chi connectivity index (χ0v) is 12.9. The number of aromatic nitrogens is 2. The average molecular weight is 289 g/mol. The molecular weight excluding hydrogens is 266 g/mol. The Kier molecular flexibility index (Phi) is 5.90. The van der Waals surface area contributed by atoms with Crippen LogP contribution in [0.5, 0.6) is 0 Å². The van der Waals surface area contributed by atoms with Crippen molar-refractivity contribution in [1.29, 1.82) is 0 Å². The highest BCUT2D eigenvalue weighted by atomic mass is 16.5. The van der Waals surface area contributed by atoms with E-state index in [2.05, 4.69) is 29.4 Å². The number of aryl methyl sites for hydroxylation is 1. The smallest absolute Gasteiger partial charge is 0.249 e. The minimum absolute atomic E-state index is 0.304. The van der Waals surface area contributed by atoms with E-state index in [0.29, 0.717) is 17.8 Å². The summed E-state index contributed by atoms with van der Waals surface area (Å²) in [6, 6.07) is 10.4. The Morgan fingerprint density at radius 2 is 1.95 bits per heavy atom. The van der Waals surface area contributed by atoms with Crippen molar-refractivity contribution in [2.75, 3.05) is 13.7 Å². The number of ether oxygens (including phenoxy) is 1. The van der Waals surface area contributed by atoms with Crippen LogP contribution < -0.4 is 5.32 Å². The molecule has 0 spiro atoms. The lowest BCUT2D eigenvalue weighted by Crippen LogP contribution is -2.23. The topological polar surface area (TPSA) is 60.2 Å². The Morgan fingerprint density at radius 1 is 1.19 bits per heavy atom. The summed E-state index contributed by atoms with van der Waals surface area (Å²) >= 11 is 0. The summed E-state index contributed by atoms with van der Waals surface area (Å²) in [6.07, 6.45) is 1.45. The molecule has 0 radical (unpaired) electrons. The summed E-state index contributed by atoms with van der Waals surface area (Å²) < 4.78 is 11.2. The van der Waals surface area contributed by atoms with E-state index >= 15 is 0 Å². The Bertz CT molecular complexity index is 525. The molecular formula is C16H23N3O2. The van der Waals surface area contributed by atoms with Crippen molar-refractivity contribution < 1.29 is 9.15 Å². The van der Waals surface area contributed by atoms with Gasteiger partial charge in [0.25, 0.3) is 0 Å². The first-order valence-electron chi connectivity index (χ1n) is 7.34. The molecule has 0 aliphatic carbocycles. The lowest BCUT2D eigenvalue weighted by molar-refractivity contribution is 0.110. The van der Waals surface area contributed by atoms with Gasteiger partial charge in [0.1, 0.15) is 0 Å². The van der Waals surface area contributed by atoms with Gasteiger partial charge in [-0.15, -0.1) is 10.2 Å². The molecule has 2 rings (SSSR count). The van der Waals surface area contributed by atoms with Crippen LogP contribution in [0.25, 0.3) is 0 Å². The molecule has 1 N–H and O–H groups in total. The lowest BCUT2D eigenvalue weighted by atomic mass is 10.1. The zero-order valence-electron chi connectivity index (χ0n) is 12.9. The number of rotatable bonds is 8. The largest absolute Gasteiger partial charge is 0.422 e. The van der Waals surface area contributed by atoms with Crippen molar-refractivity contribution in [2.45, 2.75) is 38.8 Å². The lowest BCUT2D eigenvalue weighted by Gasteiger charge is -2.10. The van der Waals surface area contributed by atoms with Crippen LogP contribution >= 0.6 is 0 Å². The number of hydrogen-bond donors (Lipinski definition) is 1. The third-order valence-corrected chi connectivity index (χ3v) is 3.16. The summed E-state index contributed by atoms with van der Waals surface area (Å²) in [5.41, 5.74) is 1.01. The first kappa shape index (κ1) is 15.7. The van der Waals surface area contributed by atoms with Crippen LogP contribution in [0, 0.1) is 0 Å². The molecule has 1 unspecified atom stereocenters. The molecule has 2 aromatic rings. The van der Waals surface area contributed by atoms with E-state index in [9.17, 15) is 0 Å². The van der Waals surface area contributed by atoms with Gasteiger partial charge in [0.05, 0.1) is 0 Å². The van der Waals surface area contributed by atoms with Crippen LogP contribution in [0.3, 0.4) is 0 Å². The van der Waals surface area contributed by atoms with E-state index < -0.39 is 0 Å². The van der Waals surface area contributed by atoms with Gasteiger partial charge >= 0.3 is 0 Å². The molecule has 0 fully saturated rings. The molecule has 1 aromatic heterocycles.